The molecule has 0 spiro atoms. The van der Waals surface area contributed by atoms with Gasteiger partial charge in [-0.05, 0) is 19.1 Å². The Bertz CT molecular complexity index is 923. The van der Waals surface area contributed by atoms with E-state index >= 15 is 0 Å². The molecule has 25 heavy (non-hydrogen) atoms. The zero-order valence-electron chi connectivity index (χ0n) is 13.7. The minimum Gasteiger partial charge on any atom is -0.264 e. The van der Waals surface area contributed by atoms with Crippen molar-refractivity contribution < 1.29 is 12.7 Å². The van der Waals surface area contributed by atoms with Crippen LogP contribution in [0.1, 0.15) is 16.7 Å². The second-order valence-electron chi connectivity index (χ2n) is 5.51. The lowest BCUT2D eigenvalue weighted by atomic mass is 10.0. The largest absolute Gasteiger partial charge is 0.358 e. The van der Waals surface area contributed by atoms with E-state index in [1.165, 1.54) is 12.1 Å². The molecule has 0 atom stereocenters. The van der Waals surface area contributed by atoms with Crippen LogP contribution in [0.3, 0.4) is 0 Å². The molecule has 0 aromatic heterocycles. The summed E-state index contributed by atoms with van der Waals surface area (Å²) in [6, 6.07) is 25.1. The fourth-order valence-electron chi connectivity index (χ4n) is 2.30. The van der Waals surface area contributed by atoms with Crippen molar-refractivity contribution in [2.24, 2.45) is 5.16 Å². The maximum absolute atomic E-state index is 12.4. The summed E-state index contributed by atoms with van der Waals surface area (Å²) < 4.78 is 29.7. The maximum Gasteiger partial charge on any atom is 0.358 e. The molecule has 0 bridgehead atoms. The van der Waals surface area contributed by atoms with Gasteiger partial charge in [-0.15, -0.1) is 0 Å². The lowest BCUT2D eigenvalue weighted by Crippen LogP contribution is -2.08. The van der Waals surface area contributed by atoms with Crippen molar-refractivity contribution in [2.45, 2.75) is 11.8 Å². The minimum absolute atomic E-state index is 0.0716. The van der Waals surface area contributed by atoms with Crippen molar-refractivity contribution in [2.75, 3.05) is 0 Å². The SMILES string of the molecule is Cc1ccc(S(=O)(=O)ON=C(c2ccccc2)c2ccccc2)cc1. The Labute approximate surface area is 147 Å². The molecule has 0 radical (unpaired) electrons. The minimum atomic E-state index is -3.98. The summed E-state index contributed by atoms with van der Waals surface area (Å²) in [7, 11) is -3.98. The van der Waals surface area contributed by atoms with Gasteiger partial charge in [-0.1, -0.05) is 83.5 Å². The number of hydrogen-bond donors (Lipinski definition) is 0. The van der Waals surface area contributed by atoms with Gasteiger partial charge in [-0.2, -0.15) is 8.42 Å². The van der Waals surface area contributed by atoms with Crippen molar-refractivity contribution in [1.82, 2.24) is 0 Å². The topological polar surface area (TPSA) is 55.7 Å². The van der Waals surface area contributed by atoms with Gasteiger partial charge in [0, 0.05) is 11.1 Å². The molecule has 5 heteroatoms. The van der Waals surface area contributed by atoms with Crippen LogP contribution in [-0.4, -0.2) is 14.1 Å². The Morgan fingerprint density at radius 1 is 0.760 bits per heavy atom. The van der Waals surface area contributed by atoms with Gasteiger partial charge in [0.1, 0.15) is 10.6 Å². The highest BCUT2D eigenvalue weighted by Gasteiger charge is 2.17. The molecule has 0 aliphatic heterocycles. The lowest BCUT2D eigenvalue weighted by molar-refractivity contribution is 0.339. The summed E-state index contributed by atoms with van der Waals surface area (Å²) in [5.41, 5.74) is 2.97. The van der Waals surface area contributed by atoms with Gasteiger partial charge in [0.25, 0.3) is 0 Å². The fourth-order valence-corrected chi connectivity index (χ4v) is 3.03. The molecule has 3 aromatic carbocycles. The van der Waals surface area contributed by atoms with E-state index in [9.17, 15) is 8.42 Å². The van der Waals surface area contributed by atoms with Crippen molar-refractivity contribution in [3.8, 4) is 0 Å². The quantitative estimate of drug-likeness (QED) is 0.512. The normalized spacial score (nSPS) is 10.9. The maximum atomic E-state index is 12.4. The first-order chi connectivity index (χ1) is 12.1. The number of oxime groups is 1. The van der Waals surface area contributed by atoms with Crippen molar-refractivity contribution in [3.63, 3.8) is 0 Å². The van der Waals surface area contributed by atoms with E-state index in [0.717, 1.165) is 16.7 Å². The van der Waals surface area contributed by atoms with E-state index < -0.39 is 10.1 Å². The van der Waals surface area contributed by atoms with Gasteiger partial charge in [0.05, 0.1) is 0 Å². The Morgan fingerprint density at radius 2 is 1.24 bits per heavy atom. The molecule has 0 aliphatic carbocycles. The average molecular weight is 351 g/mol. The molecular weight excluding hydrogens is 334 g/mol. The molecule has 0 saturated carbocycles. The molecule has 3 aromatic rings. The molecular formula is C20H17NO3S. The molecule has 0 N–H and O–H groups in total. The van der Waals surface area contributed by atoms with Crippen LogP contribution in [0.5, 0.6) is 0 Å². The summed E-state index contributed by atoms with van der Waals surface area (Å²) >= 11 is 0. The molecule has 4 nitrogen and oxygen atoms in total. The number of hydrogen-bond acceptors (Lipinski definition) is 4. The number of aryl methyl sites for hydroxylation is 1. The first-order valence-electron chi connectivity index (χ1n) is 7.75. The molecule has 0 aliphatic rings. The van der Waals surface area contributed by atoms with Crippen LogP contribution >= 0.6 is 0 Å². The van der Waals surface area contributed by atoms with E-state index in [1.807, 2.05) is 67.6 Å². The molecule has 0 saturated heterocycles. The van der Waals surface area contributed by atoms with Gasteiger partial charge >= 0.3 is 10.1 Å². The molecule has 126 valence electrons. The van der Waals surface area contributed by atoms with Crippen LogP contribution < -0.4 is 0 Å². The van der Waals surface area contributed by atoms with E-state index in [4.69, 9.17) is 4.28 Å². The predicted octanol–water partition coefficient (Wildman–Crippen LogP) is 4.15. The zero-order valence-corrected chi connectivity index (χ0v) is 14.5. The molecule has 0 heterocycles. The number of benzene rings is 3. The van der Waals surface area contributed by atoms with E-state index in [-0.39, 0.29) is 4.90 Å². The van der Waals surface area contributed by atoms with Crippen LogP contribution in [0.25, 0.3) is 0 Å². The molecule has 0 unspecified atom stereocenters. The highest BCUT2D eigenvalue weighted by molar-refractivity contribution is 7.86. The van der Waals surface area contributed by atoms with Crippen molar-refractivity contribution >= 4 is 15.8 Å². The van der Waals surface area contributed by atoms with Gasteiger partial charge in [-0.25, -0.2) is 0 Å². The van der Waals surface area contributed by atoms with E-state index in [2.05, 4.69) is 5.16 Å². The van der Waals surface area contributed by atoms with Crippen molar-refractivity contribution in [1.29, 1.82) is 0 Å². The van der Waals surface area contributed by atoms with Crippen LogP contribution in [0.4, 0.5) is 0 Å². The first-order valence-corrected chi connectivity index (χ1v) is 9.16. The highest BCUT2D eigenvalue weighted by atomic mass is 32.2. The third-order valence-corrected chi connectivity index (χ3v) is 4.75. The smallest absolute Gasteiger partial charge is 0.264 e. The number of rotatable bonds is 5. The van der Waals surface area contributed by atoms with Crippen molar-refractivity contribution in [3.05, 3.63) is 102 Å². The Morgan fingerprint density at radius 3 is 1.72 bits per heavy atom. The summed E-state index contributed by atoms with van der Waals surface area (Å²) in [6.45, 7) is 1.89. The summed E-state index contributed by atoms with van der Waals surface area (Å²) in [5, 5.41) is 3.96. The lowest BCUT2D eigenvalue weighted by Gasteiger charge is -2.07. The molecule has 3 rings (SSSR count). The fraction of sp³-hybridized carbons (Fsp3) is 0.0500. The van der Waals surface area contributed by atoms with Gasteiger partial charge < -0.3 is 0 Å². The first kappa shape index (κ1) is 16.9. The predicted molar refractivity (Wildman–Crippen MR) is 98.0 cm³/mol. The third kappa shape index (κ3) is 4.14. The summed E-state index contributed by atoms with van der Waals surface area (Å²) in [6.07, 6.45) is 0. The number of nitrogens with zero attached hydrogens (tertiary/aromatic N) is 1. The Hall–Kier alpha value is -2.92. The highest BCUT2D eigenvalue weighted by Crippen LogP contribution is 2.16. The second-order valence-corrected chi connectivity index (χ2v) is 7.04. The van der Waals surface area contributed by atoms with Crippen LogP contribution in [-0.2, 0) is 14.4 Å². The third-order valence-electron chi connectivity index (χ3n) is 3.63. The Balaban J connectivity index is 1.98. The second kappa shape index (κ2) is 7.32. The summed E-state index contributed by atoms with van der Waals surface area (Å²) in [4.78, 5) is 0.0716. The summed E-state index contributed by atoms with van der Waals surface area (Å²) in [5.74, 6) is 0. The van der Waals surface area contributed by atoms with Gasteiger partial charge in [-0.3, -0.25) is 4.28 Å². The van der Waals surface area contributed by atoms with Crippen LogP contribution in [0.15, 0.2) is 95.0 Å². The zero-order chi connectivity index (χ0) is 17.7. The molecule has 0 fully saturated rings. The van der Waals surface area contributed by atoms with Gasteiger partial charge in [0.15, 0.2) is 0 Å². The standard InChI is InChI=1S/C20H17NO3S/c1-16-12-14-19(15-13-16)25(22,23)24-21-20(17-8-4-2-5-9-17)18-10-6-3-7-11-18/h2-15H,1H3. The van der Waals surface area contributed by atoms with E-state index in [1.54, 1.807) is 12.1 Å². The van der Waals surface area contributed by atoms with Gasteiger partial charge in [0.2, 0.25) is 0 Å². The van der Waals surface area contributed by atoms with E-state index in [0.29, 0.717) is 5.71 Å². The average Bonchev–Trinajstić information content (AvgIpc) is 2.64. The Kier molecular flexibility index (Phi) is 4.95. The monoisotopic (exact) mass is 351 g/mol. The molecule has 0 amide bonds. The van der Waals surface area contributed by atoms with Crippen LogP contribution in [0.2, 0.25) is 0 Å². The van der Waals surface area contributed by atoms with Crippen LogP contribution in [0, 0.1) is 6.92 Å².